The van der Waals surface area contributed by atoms with Gasteiger partial charge in [-0.25, -0.2) is 0 Å². The summed E-state index contributed by atoms with van der Waals surface area (Å²) in [5.41, 5.74) is 1.72. The van der Waals surface area contributed by atoms with Crippen molar-refractivity contribution in [3.63, 3.8) is 0 Å². The molecule has 1 aliphatic rings. The van der Waals surface area contributed by atoms with E-state index in [-0.39, 0.29) is 0 Å². The summed E-state index contributed by atoms with van der Waals surface area (Å²) >= 11 is 0. The van der Waals surface area contributed by atoms with Crippen LogP contribution in [-0.2, 0) is 0 Å². The molecule has 2 heteroatoms. The van der Waals surface area contributed by atoms with Gasteiger partial charge in [0.1, 0.15) is 0 Å². The van der Waals surface area contributed by atoms with Crippen LogP contribution >= 0.6 is 0 Å². The maximum absolute atomic E-state index is 8.71. The lowest BCUT2D eigenvalue weighted by Crippen LogP contribution is -1.95. The van der Waals surface area contributed by atoms with Crippen molar-refractivity contribution in [2.75, 3.05) is 0 Å². The largest absolute Gasteiger partial charge is 0.261 e. The molecule has 1 aromatic heterocycles. The molecular formula is C11H10N2. The lowest BCUT2D eigenvalue weighted by Gasteiger charge is -2.05. The zero-order valence-corrected chi connectivity index (χ0v) is 7.27. The lowest BCUT2D eigenvalue weighted by atomic mass is 10.0. The van der Waals surface area contributed by atoms with Gasteiger partial charge in [0.25, 0.3) is 0 Å². The Bertz CT molecular complexity index is 374. The van der Waals surface area contributed by atoms with Crippen LogP contribution in [0, 0.1) is 11.3 Å². The molecule has 0 radical (unpaired) electrons. The molecule has 1 unspecified atom stereocenters. The summed E-state index contributed by atoms with van der Waals surface area (Å²) in [5.74, 6) is 0.424. The number of nitriles is 1. The number of pyridine rings is 1. The summed E-state index contributed by atoms with van der Waals surface area (Å²) in [7, 11) is 0. The van der Waals surface area contributed by atoms with Gasteiger partial charge in [0.2, 0.25) is 0 Å². The van der Waals surface area contributed by atoms with Gasteiger partial charge in [-0.2, -0.15) is 5.26 Å². The minimum Gasteiger partial charge on any atom is -0.261 e. The van der Waals surface area contributed by atoms with Gasteiger partial charge in [-0.1, -0.05) is 12.2 Å². The molecule has 0 aliphatic heterocycles. The second-order valence-corrected chi connectivity index (χ2v) is 3.19. The predicted octanol–water partition coefficient (Wildman–Crippen LogP) is 2.39. The topological polar surface area (TPSA) is 36.7 Å². The van der Waals surface area contributed by atoms with Gasteiger partial charge in [0.15, 0.2) is 0 Å². The molecule has 0 saturated carbocycles. The van der Waals surface area contributed by atoms with Gasteiger partial charge in [-0.05, 0) is 25.0 Å². The Morgan fingerprint density at radius 2 is 2.46 bits per heavy atom. The summed E-state index contributed by atoms with van der Waals surface area (Å²) in [6.07, 6.45) is 8.31. The maximum atomic E-state index is 8.71. The first-order valence-corrected chi connectivity index (χ1v) is 4.43. The summed E-state index contributed by atoms with van der Waals surface area (Å²) < 4.78 is 0. The number of hydrogen-bond donors (Lipinski definition) is 0. The van der Waals surface area contributed by atoms with Crippen LogP contribution in [0.1, 0.15) is 30.0 Å². The molecule has 1 aromatic rings. The van der Waals surface area contributed by atoms with Crippen LogP contribution in [0.25, 0.3) is 0 Å². The highest BCUT2D eigenvalue weighted by Crippen LogP contribution is 2.26. The molecule has 1 atom stereocenters. The molecule has 2 rings (SSSR count). The van der Waals surface area contributed by atoms with Crippen molar-refractivity contribution in [3.05, 3.63) is 41.7 Å². The molecule has 0 fully saturated rings. The molecule has 0 spiro atoms. The van der Waals surface area contributed by atoms with Crippen molar-refractivity contribution in [1.29, 1.82) is 5.26 Å². The minimum atomic E-state index is 0.424. The quantitative estimate of drug-likeness (QED) is 0.607. The highest BCUT2D eigenvalue weighted by Gasteiger charge is 2.12. The average Bonchev–Trinajstić information content (AvgIpc) is 2.71. The standard InChI is InChI=1S/C11H10N2/c12-8-9-5-6-13-11(7-9)10-3-1-2-4-10/h1,3,5-7,10H,2,4H2. The van der Waals surface area contributed by atoms with E-state index in [2.05, 4.69) is 23.2 Å². The monoisotopic (exact) mass is 170 g/mol. The summed E-state index contributed by atoms with van der Waals surface area (Å²) in [4.78, 5) is 4.27. The third-order valence-corrected chi connectivity index (χ3v) is 2.30. The Balaban J connectivity index is 2.30. The van der Waals surface area contributed by atoms with E-state index < -0.39 is 0 Å². The molecular weight excluding hydrogens is 160 g/mol. The van der Waals surface area contributed by atoms with Gasteiger partial charge in [0.05, 0.1) is 11.6 Å². The second kappa shape index (κ2) is 3.40. The molecule has 0 N–H and O–H groups in total. The number of rotatable bonds is 1. The Labute approximate surface area is 77.5 Å². The van der Waals surface area contributed by atoms with Crippen molar-refractivity contribution in [2.24, 2.45) is 0 Å². The fraction of sp³-hybridized carbons (Fsp3) is 0.273. The average molecular weight is 170 g/mol. The highest BCUT2D eigenvalue weighted by atomic mass is 14.7. The van der Waals surface area contributed by atoms with Crippen molar-refractivity contribution in [2.45, 2.75) is 18.8 Å². The van der Waals surface area contributed by atoms with Gasteiger partial charge in [-0.3, -0.25) is 4.98 Å². The van der Waals surface area contributed by atoms with E-state index >= 15 is 0 Å². The van der Waals surface area contributed by atoms with Crippen molar-refractivity contribution in [3.8, 4) is 6.07 Å². The third-order valence-electron chi connectivity index (χ3n) is 2.30. The van der Waals surface area contributed by atoms with Crippen LogP contribution in [0.4, 0.5) is 0 Å². The number of aromatic nitrogens is 1. The van der Waals surface area contributed by atoms with E-state index in [9.17, 15) is 0 Å². The van der Waals surface area contributed by atoms with Gasteiger partial charge < -0.3 is 0 Å². The molecule has 64 valence electrons. The molecule has 0 aromatic carbocycles. The molecule has 1 aliphatic carbocycles. The fourth-order valence-electron chi connectivity index (χ4n) is 1.60. The summed E-state index contributed by atoms with van der Waals surface area (Å²) in [6, 6.07) is 5.74. The normalized spacial score (nSPS) is 20.1. The van der Waals surface area contributed by atoms with E-state index in [1.165, 1.54) is 0 Å². The number of hydrogen-bond acceptors (Lipinski definition) is 2. The molecule has 0 bridgehead atoms. The van der Waals surface area contributed by atoms with Gasteiger partial charge in [-0.15, -0.1) is 0 Å². The predicted molar refractivity (Wildman–Crippen MR) is 50.1 cm³/mol. The van der Waals surface area contributed by atoms with Crippen LogP contribution < -0.4 is 0 Å². The minimum absolute atomic E-state index is 0.424. The SMILES string of the molecule is N#Cc1ccnc(C2C=CCC2)c1. The number of nitrogens with zero attached hydrogens (tertiary/aromatic N) is 2. The van der Waals surface area contributed by atoms with Crippen LogP contribution in [0.5, 0.6) is 0 Å². The first-order valence-electron chi connectivity index (χ1n) is 4.43. The Kier molecular flexibility index (Phi) is 2.09. The Morgan fingerprint density at radius 1 is 1.54 bits per heavy atom. The van der Waals surface area contributed by atoms with E-state index in [1.54, 1.807) is 12.3 Å². The second-order valence-electron chi connectivity index (χ2n) is 3.19. The maximum Gasteiger partial charge on any atom is 0.0992 e. The van der Waals surface area contributed by atoms with Crippen LogP contribution in [0.15, 0.2) is 30.5 Å². The first kappa shape index (κ1) is 8.00. The van der Waals surface area contributed by atoms with E-state index in [0.717, 1.165) is 18.5 Å². The van der Waals surface area contributed by atoms with Crippen molar-refractivity contribution < 1.29 is 0 Å². The number of allylic oxidation sites excluding steroid dienone is 2. The zero-order chi connectivity index (χ0) is 9.10. The first-order chi connectivity index (χ1) is 6.40. The van der Waals surface area contributed by atoms with Gasteiger partial charge >= 0.3 is 0 Å². The Morgan fingerprint density at radius 3 is 3.15 bits per heavy atom. The van der Waals surface area contributed by atoms with E-state index in [1.807, 2.05) is 6.07 Å². The fourth-order valence-corrected chi connectivity index (χ4v) is 1.60. The van der Waals surface area contributed by atoms with E-state index in [4.69, 9.17) is 5.26 Å². The smallest absolute Gasteiger partial charge is 0.0992 e. The highest BCUT2D eigenvalue weighted by molar-refractivity contribution is 5.32. The van der Waals surface area contributed by atoms with Crippen LogP contribution in [0.3, 0.4) is 0 Å². The summed E-state index contributed by atoms with van der Waals surface area (Å²) in [5, 5.41) is 8.71. The molecule has 1 heterocycles. The molecule has 0 amide bonds. The van der Waals surface area contributed by atoms with Gasteiger partial charge in [0, 0.05) is 17.8 Å². The Hall–Kier alpha value is -1.62. The lowest BCUT2D eigenvalue weighted by molar-refractivity contribution is 0.773. The zero-order valence-electron chi connectivity index (χ0n) is 7.27. The third kappa shape index (κ3) is 1.59. The molecule has 13 heavy (non-hydrogen) atoms. The summed E-state index contributed by atoms with van der Waals surface area (Å²) in [6.45, 7) is 0. The van der Waals surface area contributed by atoms with E-state index in [0.29, 0.717) is 11.5 Å². The molecule has 2 nitrogen and oxygen atoms in total. The van der Waals surface area contributed by atoms with Crippen LogP contribution in [0.2, 0.25) is 0 Å². The van der Waals surface area contributed by atoms with Crippen molar-refractivity contribution >= 4 is 0 Å². The molecule has 0 saturated heterocycles. The van der Waals surface area contributed by atoms with Crippen LogP contribution in [-0.4, -0.2) is 4.98 Å². The van der Waals surface area contributed by atoms with Crippen molar-refractivity contribution in [1.82, 2.24) is 4.98 Å².